The third-order valence-electron chi connectivity index (χ3n) is 2.54. The average Bonchev–Trinajstić information content (AvgIpc) is 2.72. The Hall–Kier alpha value is -2.45. The van der Waals surface area contributed by atoms with Crippen molar-refractivity contribution in [3.05, 3.63) is 22.4 Å². The summed E-state index contributed by atoms with van der Waals surface area (Å²) in [7, 11) is 0. The third-order valence-corrected chi connectivity index (χ3v) is 2.54. The topological polar surface area (TPSA) is 127 Å². The molecule has 1 aromatic rings. The van der Waals surface area contributed by atoms with Crippen LogP contribution in [0.4, 0.5) is 5.82 Å². The minimum Gasteiger partial charge on any atom is -0.480 e. The predicted molar refractivity (Wildman–Crippen MR) is 67.9 cm³/mol. The largest absolute Gasteiger partial charge is 0.480 e. The highest BCUT2D eigenvalue weighted by molar-refractivity contribution is 5.83. The van der Waals surface area contributed by atoms with Crippen LogP contribution in [-0.2, 0) is 16.1 Å². The molecule has 0 unspecified atom stereocenters. The summed E-state index contributed by atoms with van der Waals surface area (Å²) in [6, 6.07) is 0.103. The zero-order chi connectivity index (χ0) is 15.5. The Kier molecular flexibility index (Phi) is 4.43. The lowest BCUT2D eigenvalue weighted by Gasteiger charge is -2.27. The van der Waals surface area contributed by atoms with Crippen LogP contribution in [0, 0.1) is 15.5 Å². The molecule has 0 aliphatic carbocycles. The van der Waals surface area contributed by atoms with Gasteiger partial charge in [-0.25, -0.2) is 4.79 Å². The van der Waals surface area contributed by atoms with Crippen molar-refractivity contribution in [3.8, 4) is 0 Å². The van der Waals surface area contributed by atoms with Gasteiger partial charge in [-0.2, -0.15) is 4.68 Å². The fraction of sp³-hybridized carbons (Fsp3) is 0.545. The Morgan fingerprint density at radius 1 is 1.55 bits per heavy atom. The summed E-state index contributed by atoms with van der Waals surface area (Å²) in [4.78, 5) is 32.6. The minimum atomic E-state index is -1.14. The molecule has 9 heteroatoms. The molecule has 1 aromatic heterocycles. The lowest BCUT2D eigenvalue weighted by atomic mass is 9.87. The molecule has 0 aliphatic rings. The second kappa shape index (κ2) is 5.68. The van der Waals surface area contributed by atoms with Gasteiger partial charge < -0.3 is 20.5 Å². The van der Waals surface area contributed by atoms with E-state index in [1.165, 1.54) is 6.20 Å². The molecule has 1 heterocycles. The smallest absolute Gasteiger partial charge is 0.389 e. The van der Waals surface area contributed by atoms with Gasteiger partial charge in [-0.3, -0.25) is 4.79 Å². The van der Waals surface area contributed by atoms with Crippen LogP contribution < -0.4 is 5.32 Å². The Morgan fingerprint density at radius 2 is 2.15 bits per heavy atom. The van der Waals surface area contributed by atoms with E-state index in [0.717, 1.165) is 10.7 Å². The van der Waals surface area contributed by atoms with Gasteiger partial charge in [0, 0.05) is 0 Å². The molecule has 0 saturated carbocycles. The molecule has 9 nitrogen and oxygen atoms in total. The highest BCUT2D eigenvalue weighted by atomic mass is 16.6. The van der Waals surface area contributed by atoms with Crippen molar-refractivity contribution in [1.29, 1.82) is 0 Å². The van der Waals surface area contributed by atoms with Crippen LogP contribution in [-0.4, -0.2) is 37.7 Å². The molecule has 0 bridgehead atoms. The third kappa shape index (κ3) is 4.04. The van der Waals surface area contributed by atoms with Crippen LogP contribution in [0.2, 0.25) is 0 Å². The van der Waals surface area contributed by atoms with Gasteiger partial charge in [0.25, 0.3) is 0 Å². The number of aliphatic carboxylic acids is 1. The van der Waals surface area contributed by atoms with E-state index >= 15 is 0 Å². The highest BCUT2D eigenvalue weighted by Gasteiger charge is 2.32. The lowest BCUT2D eigenvalue weighted by Crippen LogP contribution is -2.50. The van der Waals surface area contributed by atoms with Gasteiger partial charge in [0.05, 0.1) is 17.4 Å². The number of amides is 1. The first-order chi connectivity index (χ1) is 9.11. The normalized spacial score (nSPS) is 12.8. The van der Waals surface area contributed by atoms with Gasteiger partial charge in [-0.15, -0.1) is 0 Å². The number of carbonyl (C=O) groups is 2. The average molecular weight is 284 g/mol. The van der Waals surface area contributed by atoms with Crippen molar-refractivity contribution >= 4 is 17.7 Å². The van der Waals surface area contributed by atoms with Gasteiger partial charge in [-0.05, 0) is 10.3 Å². The van der Waals surface area contributed by atoms with Gasteiger partial charge in [-0.1, -0.05) is 20.8 Å². The van der Waals surface area contributed by atoms with Crippen LogP contribution in [0.5, 0.6) is 0 Å². The second-order valence-electron chi connectivity index (χ2n) is 5.33. The number of rotatable bonds is 5. The first-order valence-electron chi connectivity index (χ1n) is 5.81. The van der Waals surface area contributed by atoms with Crippen LogP contribution in [0.25, 0.3) is 0 Å². The van der Waals surface area contributed by atoms with Gasteiger partial charge in [0.15, 0.2) is 0 Å². The molecule has 110 valence electrons. The van der Waals surface area contributed by atoms with E-state index in [9.17, 15) is 19.7 Å². The molecule has 0 spiro atoms. The van der Waals surface area contributed by atoms with Gasteiger partial charge in [0.2, 0.25) is 5.91 Å². The zero-order valence-corrected chi connectivity index (χ0v) is 11.4. The molecule has 0 aliphatic heterocycles. The van der Waals surface area contributed by atoms with E-state index in [-0.39, 0.29) is 12.4 Å². The predicted octanol–water partition coefficient (Wildman–Crippen LogP) is 0.407. The van der Waals surface area contributed by atoms with Gasteiger partial charge >= 0.3 is 11.8 Å². The fourth-order valence-electron chi connectivity index (χ4n) is 1.54. The van der Waals surface area contributed by atoms with Crippen molar-refractivity contribution < 1.29 is 19.6 Å². The number of hydrogen-bond acceptors (Lipinski definition) is 5. The van der Waals surface area contributed by atoms with Crippen LogP contribution in [0.1, 0.15) is 20.8 Å². The highest BCUT2D eigenvalue weighted by Crippen LogP contribution is 2.19. The number of aromatic nitrogens is 2. The molecular weight excluding hydrogens is 268 g/mol. The standard InChI is InChI=1S/C11H16N4O5/c1-11(2,3)9(10(17)18)12-8(16)6-14-5-4-7(13-14)15(19)20/h4-5,9H,6H2,1-3H3,(H,12,16)(H,17,18)/t9-/m0/s1. The maximum Gasteiger partial charge on any atom is 0.389 e. The Labute approximate surface area is 114 Å². The van der Waals surface area contributed by atoms with E-state index in [2.05, 4.69) is 10.4 Å². The van der Waals surface area contributed by atoms with Crippen LogP contribution >= 0.6 is 0 Å². The van der Waals surface area contributed by atoms with Crippen LogP contribution in [0.3, 0.4) is 0 Å². The zero-order valence-electron chi connectivity index (χ0n) is 11.4. The number of carboxylic acid groups (broad SMARTS) is 1. The van der Waals surface area contributed by atoms with E-state index in [4.69, 9.17) is 5.11 Å². The summed E-state index contributed by atoms with van der Waals surface area (Å²) in [5.74, 6) is -2.09. The molecule has 0 aromatic carbocycles. The second-order valence-corrected chi connectivity index (χ2v) is 5.33. The summed E-state index contributed by atoms with van der Waals surface area (Å²) in [6.45, 7) is 4.77. The van der Waals surface area contributed by atoms with Crippen molar-refractivity contribution in [1.82, 2.24) is 15.1 Å². The van der Waals surface area contributed by atoms with Crippen LogP contribution in [0.15, 0.2) is 12.3 Å². The molecule has 20 heavy (non-hydrogen) atoms. The maximum atomic E-state index is 11.7. The number of hydrogen-bond donors (Lipinski definition) is 2. The molecule has 0 saturated heterocycles. The quantitative estimate of drug-likeness (QED) is 0.595. The van der Waals surface area contributed by atoms with Gasteiger partial charge in [0.1, 0.15) is 12.6 Å². The Balaban J connectivity index is 2.71. The monoisotopic (exact) mass is 284 g/mol. The maximum absolute atomic E-state index is 11.7. The van der Waals surface area contributed by atoms with E-state index in [0.29, 0.717) is 0 Å². The molecule has 1 rings (SSSR count). The summed E-state index contributed by atoms with van der Waals surface area (Å²) in [5, 5.41) is 25.5. The summed E-state index contributed by atoms with van der Waals surface area (Å²) >= 11 is 0. The Morgan fingerprint density at radius 3 is 2.55 bits per heavy atom. The number of nitro groups is 1. The SMILES string of the molecule is CC(C)(C)[C@@H](NC(=O)Cn1ccc([N+](=O)[O-])n1)C(=O)O. The molecule has 1 amide bonds. The van der Waals surface area contributed by atoms with E-state index in [1.54, 1.807) is 20.8 Å². The number of carbonyl (C=O) groups excluding carboxylic acids is 1. The van der Waals surface area contributed by atoms with Crippen molar-refractivity contribution in [3.63, 3.8) is 0 Å². The molecule has 0 fully saturated rings. The minimum absolute atomic E-state index is 0.284. The fourth-order valence-corrected chi connectivity index (χ4v) is 1.54. The molecule has 1 atom stereocenters. The number of carboxylic acids is 1. The first-order valence-corrected chi connectivity index (χ1v) is 5.81. The summed E-state index contributed by atoms with van der Waals surface area (Å²) in [6.07, 6.45) is 1.28. The molecular formula is C11H16N4O5. The lowest BCUT2D eigenvalue weighted by molar-refractivity contribution is -0.389. The van der Waals surface area contributed by atoms with E-state index < -0.39 is 28.3 Å². The first kappa shape index (κ1) is 15.6. The summed E-state index contributed by atoms with van der Waals surface area (Å²) in [5.41, 5.74) is -0.655. The Bertz CT molecular complexity index is 531. The van der Waals surface area contributed by atoms with Crippen molar-refractivity contribution in [2.45, 2.75) is 33.4 Å². The van der Waals surface area contributed by atoms with E-state index in [1.807, 2.05) is 0 Å². The summed E-state index contributed by atoms with van der Waals surface area (Å²) < 4.78 is 1.08. The number of nitrogens with zero attached hydrogens (tertiary/aromatic N) is 3. The molecule has 0 radical (unpaired) electrons. The van der Waals surface area contributed by atoms with Crippen molar-refractivity contribution in [2.75, 3.05) is 0 Å². The molecule has 2 N–H and O–H groups in total. The number of nitrogens with one attached hydrogen (secondary N) is 1. The van der Waals surface area contributed by atoms with Crippen molar-refractivity contribution in [2.24, 2.45) is 5.41 Å².